The Bertz CT molecular complexity index is 549. The van der Waals surface area contributed by atoms with Crippen molar-refractivity contribution < 1.29 is 4.42 Å². The summed E-state index contributed by atoms with van der Waals surface area (Å²) in [7, 11) is 0. The van der Waals surface area contributed by atoms with Gasteiger partial charge in [-0.2, -0.15) is 0 Å². The summed E-state index contributed by atoms with van der Waals surface area (Å²) in [6.07, 6.45) is 2.52. The van der Waals surface area contributed by atoms with Crippen molar-refractivity contribution in [1.29, 1.82) is 0 Å². The number of oxazole rings is 1. The third-order valence-corrected chi connectivity index (χ3v) is 3.40. The number of aryl methyl sites for hydroxylation is 1. The number of nitrogens with zero attached hydrogens (tertiary/aromatic N) is 1. The third-order valence-electron chi connectivity index (χ3n) is 2.90. The van der Waals surface area contributed by atoms with Gasteiger partial charge < -0.3 is 9.73 Å². The minimum atomic E-state index is 0.473. The molecular weight excluding hydrogens is 260 g/mol. The van der Waals surface area contributed by atoms with E-state index in [0.29, 0.717) is 6.04 Å². The molecule has 102 valence electrons. The Labute approximate surface area is 119 Å². The SMILES string of the molecule is Cc1cccc(-c2cnc(CCNC(C)C)o2)c1Cl. The highest BCUT2D eigenvalue weighted by Gasteiger charge is 2.11. The van der Waals surface area contributed by atoms with Crippen LogP contribution in [-0.2, 0) is 6.42 Å². The number of hydrogen-bond donors (Lipinski definition) is 1. The number of benzene rings is 1. The van der Waals surface area contributed by atoms with Crippen LogP contribution in [0, 0.1) is 6.92 Å². The minimum Gasteiger partial charge on any atom is -0.441 e. The van der Waals surface area contributed by atoms with Gasteiger partial charge in [-0.1, -0.05) is 37.6 Å². The van der Waals surface area contributed by atoms with Crippen LogP contribution in [-0.4, -0.2) is 17.6 Å². The van der Waals surface area contributed by atoms with Gasteiger partial charge in [0.15, 0.2) is 11.7 Å². The number of hydrogen-bond acceptors (Lipinski definition) is 3. The van der Waals surface area contributed by atoms with Crippen LogP contribution in [0.25, 0.3) is 11.3 Å². The molecule has 0 spiro atoms. The van der Waals surface area contributed by atoms with Gasteiger partial charge in [-0.05, 0) is 18.6 Å². The highest BCUT2D eigenvalue weighted by molar-refractivity contribution is 6.33. The standard InChI is InChI=1S/C15H19ClN2O/c1-10(2)17-8-7-14-18-9-13(19-14)12-6-4-5-11(3)15(12)16/h4-6,9-10,17H,7-8H2,1-3H3. The lowest BCUT2D eigenvalue weighted by Crippen LogP contribution is -2.24. The zero-order valence-corrected chi connectivity index (χ0v) is 12.3. The van der Waals surface area contributed by atoms with Crippen molar-refractivity contribution in [3.63, 3.8) is 0 Å². The first-order chi connectivity index (χ1) is 9.08. The Morgan fingerprint density at radius 1 is 1.37 bits per heavy atom. The summed E-state index contributed by atoms with van der Waals surface area (Å²) >= 11 is 6.28. The molecule has 0 bridgehead atoms. The fraction of sp³-hybridized carbons (Fsp3) is 0.400. The van der Waals surface area contributed by atoms with Gasteiger partial charge in [-0.3, -0.25) is 0 Å². The van der Waals surface area contributed by atoms with E-state index in [2.05, 4.69) is 24.1 Å². The smallest absolute Gasteiger partial charge is 0.196 e. The van der Waals surface area contributed by atoms with Crippen LogP contribution in [0.3, 0.4) is 0 Å². The van der Waals surface area contributed by atoms with E-state index >= 15 is 0 Å². The average Bonchev–Trinajstić information content (AvgIpc) is 2.81. The van der Waals surface area contributed by atoms with Crippen molar-refractivity contribution in [2.75, 3.05) is 6.54 Å². The zero-order valence-electron chi connectivity index (χ0n) is 11.5. The van der Waals surface area contributed by atoms with E-state index < -0.39 is 0 Å². The van der Waals surface area contributed by atoms with Crippen LogP contribution in [0.2, 0.25) is 5.02 Å². The molecule has 1 N–H and O–H groups in total. The molecule has 0 radical (unpaired) electrons. The lowest BCUT2D eigenvalue weighted by Gasteiger charge is -2.05. The second-order valence-corrected chi connectivity index (χ2v) is 5.29. The van der Waals surface area contributed by atoms with Gasteiger partial charge in [0, 0.05) is 24.6 Å². The minimum absolute atomic E-state index is 0.473. The van der Waals surface area contributed by atoms with Crippen molar-refractivity contribution >= 4 is 11.6 Å². The van der Waals surface area contributed by atoms with Crippen molar-refractivity contribution in [1.82, 2.24) is 10.3 Å². The van der Waals surface area contributed by atoms with Crippen molar-refractivity contribution in [2.24, 2.45) is 0 Å². The maximum atomic E-state index is 6.28. The van der Waals surface area contributed by atoms with Crippen LogP contribution in [0.5, 0.6) is 0 Å². The van der Waals surface area contributed by atoms with Gasteiger partial charge in [0.05, 0.1) is 11.2 Å². The molecule has 0 saturated carbocycles. The zero-order chi connectivity index (χ0) is 13.8. The van der Waals surface area contributed by atoms with E-state index in [9.17, 15) is 0 Å². The summed E-state index contributed by atoms with van der Waals surface area (Å²) < 4.78 is 5.75. The van der Waals surface area contributed by atoms with Crippen LogP contribution in [0.4, 0.5) is 0 Å². The summed E-state index contributed by atoms with van der Waals surface area (Å²) in [5.41, 5.74) is 1.94. The van der Waals surface area contributed by atoms with E-state index in [-0.39, 0.29) is 0 Å². The Morgan fingerprint density at radius 2 is 2.16 bits per heavy atom. The molecule has 0 atom stereocenters. The van der Waals surface area contributed by atoms with Gasteiger partial charge in [-0.15, -0.1) is 0 Å². The van der Waals surface area contributed by atoms with E-state index in [1.165, 1.54) is 0 Å². The third kappa shape index (κ3) is 3.58. The molecule has 3 nitrogen and oxygen atoms in total. The van der Waals surface area contributed by atoms with Gasteiger partial charge in [0.1, 0.15) is 0 Å². The molecule has 2 rings (SSSR count). The summed E-state index contributed by atoms with van der Waals surface area (Å²) in [4.78, 5) is 4.29. The number of rotatable bonds is 5. The highest BCUT2D eigenvalue weighted by Crippen LogP contribution is 2.30. The Morgan fingerprint density at radius 3 is 2.89 bits per heavy atom. The highest BCUT2D eigenvalue weighted by atomic mass is 35.5. The summed E-state index contributed by atoms with van der Waals surface area (Å²) in [5, 5.41) is 4.06. The normalized spacial score (nSPS) is 11.2. The van der Waals surface area contributed by atoms with Crippen LogP contribution >= 0.6 is 11.6 Å². The quantitative estimate of drug-likeness (QED) is 0.903. The fourth-order valence-corrected chi connectivity index (χ4v) is 2.07. The molecule has 1 aromatic carbocycles. The molecule has 0 fully saturated rings. The monoisotopic (exact) mass is 278 g/mol. The molecule has 0 aliphatic heterocycles. The van der Waals surface area contributed by atoms with Crippen molar-refractivity contribution in [3.8, 4) is 11.3 Å². The van der Waals surface area contributed by atoms with E-state index in [1.54, 1.807) is 6.20 Å². The van der Waals surface area contributed by atoms with Gasteiger partial charge >= 0.3 is 0 Å². The first kappa shape index (κ1) is 14.1. The number of nitrogens with one attached hydrogen (secondary N) is 1. The maximum absolute atomic E-state index is 6.28. The second kappa shape index (κ2) is 6.22. The largest absolute Gasteiger partial charge is 0.441 e. The fourth-order valence-electron chi connectivity index (χ4n) is 1.86. The topological polar surface area (TPSA) is 38.1 Å². The van der Waals surface area contributed by atoms with Gasteiger partial charge in [0.25, 0.3) is 0 Å². The molecule has 1 heterocycles. The summed E-state index contributed by atoms with van der Waals surface area (Å²) in [6, 6.07) is 6.38. The number of aromatic nitrogens is 1. The Balaban J connectivity index is 2.10. The predicted molar refractivity (Wildman–Crippen MR) is 78.5 cm³/mol. The molecule has 0 amide bonds. The van der Waals surface area contributed by atoms with Gasteiger partial charge in [-0.25, -0.2) is 4.98 Å². The summed E-state index contributed by atoms with van der Waals surface area (Å²) in [5.74, 6) is 1.47. The molecule has 19 heavy (non-hydrogen) atoms. The molecule has 0 aliphatic carbocycles. The first-order valence-corrected chi connectivity index (χ1v) is 6.89. The predicted octanol–water partition coefficient (Wildman–Crippen LogP) is 3.84. The van der Waals surface area contributed by atoms with Crippen molar-refractivity contribution in [2.45, 2.75) is 33.2 Å². The van der Waals surface area contributed by atoms with Crippen molar-refractivity contribution in [3.05, 3.63) is 40.9 Å². The molecule has 1 aromatic heterocycles. The molecular formula is C15H19ClN2O. The molecule has 4 heteroatoms. The van der Waals surface area contributed by atoms with E-state index in [0.717, 1.165) is 40.8 Å². The lowest BCUT2D eigenvalue weighted by molar-refractivity contribution is 0.484. The second-order valence-electron chi connectivity index (χ2n) is 4.91. The Kier molecular flexibility index (Phi) is 4.61. The lowest BCUT2D eigenvalue weighted by atomic mass is 10.1. The van der Waals surface area contributed by atoms with Crippen LogP contribution < -0.4 is 5.32 Å². The van der Waals surface area contributed by atoms with E-state index in [4.69, 9.17) is 16.0 Å². The molecule has 2 aromatic rings. The molecule has 0 unspecified atom stereocenters. The first-order valence-electron chi connectivity index (χ1n) is 6.51. The average molecular weight is 279 g/mol. The maximum Gasteiger partial charge on any atom is 0.196 e. The summed E-state index contributed by atoms with van der Waals surface area (Å²) in [6.45, 7) is 7.08. The molecule has 0 saturated heterocycles. The number of halogens is 1. The van der Waals surface area contributed by atoms with Gasteiger partial charge in [0.2, 0.25) is 0 Å². The Hall–Kier alpha value is -1.32. The molecule has 0 aliphatic rings. The van der Waals surface area contributed by atoms with Crippen LogP contribution in [0.1, 0.15) is 25.3 Å². The van der Waals surface area contributed by atoms with E-state index in [1.807, 2.05) is 25.1 Å². The van der Waals surface area contributed by atoms with Crippen LogP contribution in [0.15, 0.2) is 28.8 Å².